The fourth-order valence-electron chi connectivity index (χ4n) is 2.41. The van der Waals surface area contributed by atoms with Crippen LogP contribution in [-0.4, -0.2) is 42.0 Å². The predicted octanol–water partition coefficient (Wildman–Crippen LogP) is 2.62. The lowest BCUT2D eigenvalue weighted by molar-refractivity contribution is -0.129. The third-order valence-corrected chi connectivity index (χ3v) is 4.54. The summed E-state index contributed by atoms with van der Waals surface area (Å²) < 4.78 is 13.8. The molecule has 4 nitrogen and oxygen atoms in total. The number of piperazine rings is 1. The molecule has 0 N–H and O–H groups in total. The summed E-state index contributed by atoms with van der Waals surface area (Å²) >= 11 is 1.51. The molecule has 0 radical (unpaired) electrons. The van der Waals surface area contributed by atoms with Crippen molar-refractivity contribution in [2.45, 2.75) is 6.92 Å². The maximum absolute atomic E-state index is 13.8. The molecule has 2 heterocycles. The van der Waals surface area contributed by atoms with E-state index in [2.05, 4.69) is 9.88 Å². The molecule has 2 aromatic rings. The molecule has 1 fully saturated rings. The molecule has 0 bridgehead atoms. The Balaban J connectivity index is 1.74. The molecule has 21 heavy (non-hydrogen) atoms. The van der Waals surface area contributed by atoms with Crippen molar-refractivity contribution in [1.29, 1.82) is 0 Å². The molecule has 1 aliphatic rings. The van der Waals surface area contributed by atoms with Gasteiger partial charge in [-0.15, -0.1) is 11.3 Å². The van der Waals surface area contributed by atoms with Crippen molar-refractivity contribution in [2.75, 3.05) is 31.1 Å². The van der Waals surface area contributed by atoms with E-state index in [-0.39, 0.29) is 11.7 Å². The molecule has 1 saturated heterocycles. The van der Waals surface area contributed by atoms with Crippen LogP contribution >= 0.6 is 11.3 Å². The first kappa shape index (κ1) is 14.0. The van der Waals surface area contributed by atoms with Crippen LogP contribution in [0.25, 0.3) is 11.3 Å². The second-order valence-electron chi connectivity index (χ2n) is 4.99. The molecule has 110 valence electrons. The van der Waals surface area contributed by atoms with Gasteiger partial charge in [0, 0.05) is 44.0 Å². The molecule has 0 saturated carbocycles. The van der Waals surface area contributed by atoms with Gasteiger partial charge in [-0.25, -0.2) is 9.37 Å². The lowest BCUT2D eigenvalue weighted by Gasteiger charge is -2.33. The smallest absolute Gasteiger partial charge is 0.219 e. The number of hydrogen-bond donors (Lipinski definition) is 0. The third-order valence-electron chi connectivity index (χ3n) is 3.64. The van der Waals surface area contributed by atoms with Gasteiger partial charge < -0.3 is 9.80 Å². The Bertz CT molecular complexity index is 650. The van der Waals surface area contributed by atoms with Crippen LogP contribution in [0, 0.1) is 5.82 Å². The van der Waals surface area contributed by atoms with Crippen LogP contribution in [0.15, 0.2) is 29.6 Å². The van der Waals surface area contributed by atoms with Crippen molar-refractivity contribution < 1.29 is 9.18 Å². The van der Waals surface area contributed by atoms with Crippen LogP contribution in [0.4, 0.5) is 9.52 Å². The maximum atomic E-state index is 13.8. The normalized spacial score (nSPS) is 15.3. The van der Waals surface area contributed by atoms with E-state index in [1.54, 1.807) is 19.1 Å². The minimum atomic E-state index is -0.254. The Morgan fingerprint density at radius 3 is 2.62 bits per heavy atom. The maximum Gasteiger partial charge on any atom is 0.219 e. The van der Waals surface area contributed by atoms with Crippen molar-refractivity contribution in [3.63, 3.8) is 0 Å². The summed E-state index contributed by atoms with van der Waals surface area (Å²) in [7, 11) is 0. The summed E-state index contributed by atoms with van der Waals surface area (Å²) in [5, 5.41) is 2.77. The van der Waals surface area contributed by atoms with Gasteiger partial charge in [-0.2, -0.15) is 0 Å². The standard InChI is InChI=1S/C15H16FN3OS/c1-11(20)18-6-8-19(9-7-18)15-17-14(10-21-15)12-4-2-3-5-13(12)16/h2-5,10H,6-9H2,1H3. The van der Waals surface area contributed by atoms with Gasteiger partial charge in [-0.3, -0.25) is 4.79 Å². The number of carbonyl (C=O) groups excluding carboxylic acids is 1. The number of aromatic nitrogens is 1. The molecule has 6 heteroatoms. The molecule has 1 aromatic carbocycles. The summed E-state index contributed by atoms with van der Waals surface area (Å²) in [5.41, 5.74) is 1.20. The molecule has 3 rings (SSSR count). The molecule has 1 aliphatic heterocycles. The van der Waals surface area contributed by atoms with Crippen molar-refractivity contribution in [1.82, 2.24) is 9.88 Å². The summed E-state index contributed by atoms with van der Waals surface area (Å²) in [6, 6.07) is 6.66. The minimum Gasteiger partial charge on any atom is -0.345 e. The Morgan fingerprint density at radius 2 is 1.95 bits per heavy atom. The van der Waals surface area contributed by atoms with E-state index in [1.807, 2.05) is 16.3 Å². The van der Waals surface area contributed by atoms with Crippen molar-refractivity contribution in [2.24, 2.45) is 0 Å². The van der Waals surface area contributed by atoms with Crippen LogP contribution in [0.2, 0.25) is 0 Å². The number of benzene rings is 1. The summed E-state index contributed by atoms with van der Waals surface area (Å²) in [4.78, 5) is 19.8. The zero-order chi connectivity index (χ0) is 14.8. The van der Waals surface area contributed by atoms with Gasteiger partial charge in [0.25, 0.3) is 0 Å². The second-order valence-corrected chi connectivity index (χ2v) is 5.82. The predicted molar refractivity (Wildman–Crippen MR) is 82.0 cm³/mol. The lowest BCUT2D eigenvalue weighted by Crippen LogP contribution is -2.48. The fourth-order valence-corrected chi connectivity index (χ4v) is 3.29. The summed E-state index contributed by atoms with van der Waals surface area (Å²) in [6.07, 6.45) is 0. The lowest BCUT2D eigenvalue weighted by atomic mass is 10.2. The average molecular weight is 305 g/mol. The highest BCUT2D eigenvalue weighted by molar-refractivity contribution is 7.14. The summed E-state index contributed by atoms with van der Waals surface area (Å²) in [5.74, 6) is -0.142. The first-order valence-electron chi connectivity index (χ1n) is 6.86. The van der Waals surface area contributed by atoms with E-state index >= 15 is 0 Å². The van der Waals surface area contributed by atoms with E-state index < -0.39 is 0 Å². The zero-order valence-corrected chi connectivity index (χ0v) is 12.6. The van der Waals surface area contributed by atoms with Crippen LogP contribution in [-0.2, 0) is 4.79 Å². The number of amides is 1. The number of rotatable bonds is 2. The quantitative estimate of drug-likeness (QED) is 0.856. The first-order chi connectivity index (χ1) is 10.1. The highest BCUT2D eigenvalue weighted by Gasteiger charge is 2.21. The van der Waals surface area contributed by atoms with E-state index in [4.69, 9.17) is 0 Å². The summed E-state index contributed by atoms with van der Waals surface area (Å²) in [6.45, 7) is 4.55. The molecular formula is C15H16FN3OS. The number of halogens is 1. The van der Waals surface area contributed by atoms with E-state index in [0.717, 1.165) is 18.2 Å². The Morgan fingerprint density at radius 1 is 1.24 bits per heavy atom. The topological polar surface area (TPSA) is 36.4 Å². The molecule has 0 spiro atoms. The fraction of sp³-hybridized carbons (Fsp3) is 0.333. The Labute approximate surface area is 126 Å². The van der Waals surface area contributed by atoms with Gasteiger partial charge in [-0.1, -0.05) is 12.1 Å². The van der Waals surface area contributed by atoms with Crippen LogP contribution in [0.1, 0.15) is 6.92 Å². The van der Waals surface area contributed by atoms with Crippen LogP contribution in [0.5, 0.6) is 0 Å². The SMILES string of the molecule is CC(=O)N1CCN(c2nc(-c3ccccc3F)cs2)CC1. The zero-order valence-electron chi connectivity index (χ0n) is 11.8. The van der Waals surface area contributed by atoms with E-state index in [9.17, 15) is 9.18 Å². The van der Waals surface area contributed by atoms with Gasteiger partial charge >= 0.3 is 0 Å². The van der Waals surface area contributed by atoms with Crippen molar-refractivity contribution in [3.05, 3.63) is 35.5 Å². The third kappa shape index (κ3) is 2.90. The molecular weight excluding hydrogens is 289 g/mol. The molecule has 0 atom stereocenters. The first-order valence-corrected chi connectivity index (χ1v) is 7.74. The second kappa shape index (κ2) is 5.81. The number of thiazole rings is 1. The molecule has 1 amide bonds. The highest BCUT2D eigenvalue weighted by atomic mass is 32.1. The van der Waals surface area contributed by atoms with E-state index in [1.165, 1.54) is 17.4 Å². The van der Waals surface area contributed by atoms with Gasteiger partial charge in [0.15, 0.2) is 5.13 Å². The number of anilines is 1. The number of carbonyl (C=O) groups is 1. The monoisotopic (exact) mass is 305 g/mol. The van der Waals surface area contributed by atoms with Crippen molar-refractivity contribution >= 4 is 22.4 Å². The van der Waals surface area contributed by atoms with Gasteiger partial charge in [-0.05, 0) is 12.1 Å². The Hall–Kier alpha value is -1.95. The average Bonchev–Trinajstić information content (AvgIpc) is 2.97. The minimum absolute atomic E-state index is 0.112. The van der Waals surface area contributed by atoms with Crippen LogP contribution in [0.3, 0.4) is 0 Å². The Kier molecular flexibility index (Phi) is 3.88. The number of hydrogen-bond acceptors (Lipinski definition) is 4. The van der Waals surface area contributed by atoms with E-state index in [0.29, 0.717) is 24.3 Å². The van der Waals surface area contributed by atoms with Gasteiger partial charge in [0.05, 0.1) is 5.69 Å². The molecule has 0 unspecified atom stereocenters. The van der Waals surface area contributed by atoms with Gasteiger partial charge in [0.2, 0.25) is 5.91 Å². The van der Waals surface area contributed by atoms with Gasteiger partial charge in [0.1, 0.15) is 5.82 Å². The van der Waals surface area contributed by atoms with Crippen LogP contribution < -0.4 is 4.90 Å². The highest BCUT2D eigenvalue weighted by Crippen LogP contribution is 2.29. The largest absolute Gasteiger partial charge is 0.345 e. The van der Waals surface area contributed by atoms with Crippen molar-refractivity contribution in [3.8, 4) is 11.3 Å². The molecule has 0 aliphatic carbocycles. The molecule has 1 aromatic heterocycles. The number of nitrogens with zero attached hydrogens (tertiary/aromatic N) is 3.